The molecule has 0 bridgehead atoms. The van der Waals surface area contributed by atoms with Gasteiger partial charge in [0.05, 0.1) is 5.56 Å². The first kappa shape index (κ1) is 18.5. The standard InChI is InChI=1S/C16H24O2.Mg.2H/c1-2-3-4-5-6-7-8-9-14-10-11-16(18)15(12-14)13-17;;;/h10-13,18H,2-9H2,1H3;;;. The second-order valence-corrected chi connectivity index (χ2v) is 4.88. The van der Waals surface area contributed by atoms with Crippen LogP contribution in [-0.2, 0) is 6.42 Å². The highest BCUT2D eigenvalue weighted by Crippen LogP contribution is 2.18. The van der Waals surface area contributed by atoms with E-state index in [1.807, 2.05) is 6.07 Å². The molecule has 104 valence electrons. The number of benzene rings is 1. The lowest BCUT2D eigenvalue weighted by Crippen LogP contribution is -1.89. The molecule has 19 heavy (non-hydrogen) atoms. The topological polar surface area (TPSA) is 37.3 Å². The van der Waals surface area contributed by atoms with Crippen LogP contribution in [0.1, 0.15) is 67.8 Å². The third-order valence-corrected chi connectivity index (χ3v) is 3.29. The molecule has 0 radical (unpaired) electrons. The van der Waals surface area contributed by atoms with E-state index in [9.17, 15) is 9.90 Å². The van der Waals surface area contributed by atoms with Crippen molar-refractivity contribution in [2.45, 2.75) is 58.3 Å². The number of unbranched alkanes of at least 4 members (excludes halogenated alkanes) is 6. The number of phenolic OH excluding ortho intramolecular Hbond substituents is 1. The van der Waals surface area contributed by atoms with Crippen molar-refractivity contribution in [3.8, 4) is 5.75 Å². The van der Waals surface area contributed by atoms with Gasteiger partial charge in [0.1, 0.15) is 5.75 Å². The Balaban J connectivity index is 0.00000324. The molecule has 0 fully saturated rings. The lowest BCUT2D eigenvalue weighted by atomic mass is 10.0. The summed E-state index contributed by atoms with van der Waals surface area (Å²) in [6, 6.07) is 5.30. The summed E-state index contributed by atoms with van der Waals surface area (Å²) in [6.45, 7) is 2.23. The molecule has 0 heterocycles. The number of aromatic hydroxyl groups is 1. The summed E-state index contributed by atoms with van der Waals surface area (Å²) in [4.78, 5) is 10.7. The van der Waals surface area contributed by atoms with Crippen LogP contribution in [0.5, 0.6) is 5.75 Å². The molecule has 0 aliphatic rings. The van der Waals surface area contributed by atoms with Gasteiger partial charge in [0.15, 0.2) is 6.29 Å². The molecule has 0 spiro atoms. The van der Waals surface area contributed by atoms with Gasteiger partial charge in [-0.05, 0) is 30.5 Å². The number of carbonyl (C=O) groups is 1. The van der Waals surface area contributed by atoms with Crippen LogP contribution in [0.3, 0.4) is 0 Å². The predicted molar refractivity (Wildman–Crippen MR) is 83.7 cm³/mol. The normalized spacial score (nSPS) is 9.95. The van der Waals surface area contributed by atoms with Crippen LogP contribution >= 0.6 is 0 Å². The van der Waals surface area contributed by atoms with Crippen molar-refractivity contribution >= 4 is 29.3 Å². The molecule has 0 saturated heterocycles. The quantitative estimate of drug-likeness (QED) is 0.424. The van der Waals surface area contributed by atoms with Crippen molar-refractivity contribution in [3.63, 3.8) is 0 Å². The second-order valence-electron chi connectivity index (χ2n) is 4.88. The lowest BCUT2D eigenvalue weighted by molar-refractivity contribution is 0.112. The Morgan fingerprint density at radius 1 is 1.05 bits per heavy atom. The fourth-order valence-electron chi connectivity index (χ4n) is 2.14. The Bertz CT molecular complexity index is 364. The highest BCUT2D eigenvalue weighted by atomic mass is 24.3. The summed E-state index contributed by atoms with van der Waals surface area (Å²) in [7, 11) is 0. The van der Waals surface area contributed by atoms with E-state index in [-0.39, 0.29) is 28.8 Å². The third kappa shape index (κ3) is 7.58. The number of carbonyl (C=O) groups excluding carboxylic acids is 1. The minimum absolute atomic E-state index is 0. The number of phenols is 1. The fourth-order valence-corrected chi connectivity index (χ4v) is 2.14. The van der Waals surface area contributed by atoms with Crippen LogP contribution < -0.4 is 0 Å². The number of hydrogen-bond donors (Lipinski definition) is 1. The van der Waals surface area contributed by atoms with Crippen LogP contribution in [0.15, 0.2) is 18.2 Å². The van der Waals surface area contributed by atoms with Gasteiger partial charge in [0, 0.05) is 0 Å². The van der Waals surface area contributed by atoms with Crippen LogP contribution in [-0.4, -0.2) is 34.4 Å². The van der Waals surface area contributed by atoms with Crippen molar-refractivity contribution in [3.05, 3.63) is 29.3 Å². The van der Waals surface area contributed by atoms with Gasteiger partial charge in [0.25, 0.3) is 0 Å². The third-order valence-electron chi connectivity index (χ3n) is 3.29. The maximum absolute atomic E-state index is 10.7. The SMILES string of the molecule is CCCCCCCCCc1ccc(O)c(C=O)c1.[MgH2]. The van der Waals surface area contributed by atoms with Crippen molar-refractivity contribution in [2.24, 2.45) is 0 Å². The summed E-state index contributed by atoms with van der Waals surface area (Å²) in [5.74, 6) is 0.0771. The van der Waals surface area contributed by atoms with Gasteiger partial charge in [-0.25, -0.2) is 0 Å². The number of aldehydes is 1. The first-order valence-corrected chi connectivity index (χ1v) is 7.05. The van der Waals surface area contributed by atoms with E-state index >= 15 is 0 Å². The Morgan fingerprint density at radius 3 is 2.32 bits per heavy atom. The Morgan fingerprint density at radius 2 is 1.68 bits per heavy atom. The maximum Gasteiger partial charge on any atom is 0.316 e. The van der Waals surface area contributed by atoms with Crippen LogP contribution in [0.2, 0.25) is 0 Å². The number of hydrogen-bond acceptors (Lipinski definition) is 2. The van der Waals surface area contributed by atoms with E-state index < -0.39 is 0 Å². The van der Waals surface area contributed by atoms with Crippen molar-refractivity contribution < 1.29 is 9.90 Å². The first-order valence-electron chi connectivity index (χ1n) is 7.05. The largest absolute Gasteiger partial charge is 0.507 e. The van der Waals surface area contributed by atoms with Gasteiger partial charge in [0.2, 0.25) is 0 Å². The fraction of sp³-hybridized carbons (Fsp3) is 0.562. The summed E-state index contributed by atoms with van der Waals surface area (Å²) in [5.41, 5.74) is 1.54. The average Bonchev–Trinajstić information content (AvgIpc) is 2.39. The molecular weight excluding hydrogens is 248 g/mol. The van der Waals surface area contributed by atoms with Crippen molar-refractivity contribution in [1.29, 1.82) is 0 Å². The van der Waals surface area contributed by atoms with Crippen LogP contribution in [0, 0.1) is 0 Å². The molecule has 1 N–H and O–H groups in total. The summed E-state index contributed by atoms with van der Waals surface area (Å²) < 4.78 is 0. The van der Waals surface area contributed by atoms with E-state index in [0.717, 1.165) is 18.4 Å². The molecule has 0 atom stereocenters. The zero-order valence-corrected chi connectivity index (χ0v) is 11.3. The molecule has 0 saturated carbocycles. The maximum atomic E-state index is 10.7. The molecule has 1 rings (SSSR count). The van der Waals surface area contributed by atoms with Crippen molar-refractivity contribution in [2.75, 3.05) is 0 Å². The smallest absolute Gasteiger partial charge is 0.316 e. The van der Waals surface area contributed by atoms with Gasteiger partial charge in [-0.1, -0.05) is 51.5 Å². The highest BCUT2D eigenvalue weighted by Gasteiger charge is 2.01. The summed E-state index contributed by atoms with van der Waals surface area (Å²) in [5, 5.41) is 9.40. The van der Waals surface area contributed by atoms with E-state index in [2.05, 4.69) is 6.92 Å². The second kappa shape index (κ2) is 11.3. The zero-order chi connectivity index (χ0) is 13.2. The molecule has 2 nitrogen and oxygen atoms in total. The van der Waals surface area contributed by atoms with E-state index in [4.69, 9.17) is 0 Å². The molecule has 0 amide bonds. The Hall–Kier alpha value is -0.544. The molecule has 0 unspecified atom stereocenters. The van der Waals surface area contributed by atoms with E-state index in [1.54, 1.807) is 12.1 Å². The number of aryl methyl sites for hydroxylation is 1. The molecule has 1 aromatic carbocycles. The van der Waals surface area contributed by atoms with Gasteiger partial charge < -0.3 is 5.11 Å². The van der Waals surface area contributed by atoms with Gasteiger partial charge in [-0.15, -0.1) is 0 Å². The Labute approximate surface area is 132 Å². The van der Waals surface area contributed by atoms with Crippen LogP contribution in [0.25, 0.3) is 0 Å². The Kier molecular flexibility index (Phi) is 11.0. The minimum atomic E-state index is 0. The molecule has 0 aliphatic heterocycles. The predicted octanol–water partition coefficient (Wildman–Crippen LogP) is 3.58. The molecule has 1 aromatic rings. The van der Waals surface area contributed by atoms with E-state index in [1.165, 1.54) is 38.5 Å². The molecule has 3 heteroatoms. The average molecular weight is 275 g/mol. The first-order chi connectivity index (χ1) is 8.77. The molecule has 0 aromatic heterocycles. The van der Waals surface area contributed by atoms with Crippen molar-refractivity contribution in [1.82, 2.24) is 0 Å². The monoisotopic (exact) mass is 274 g/mol. The van der Waals surface area contributed by atoms with E-state index in [0.29, 0.717) is 11.8 Å². The van der Waals surface area contributed by atoms with Gasteiger partial charge in [-0.3, -0.25) is 4.79 Å². The van der Waals surface area contributed by atoms with Crippen LogP contribution in [0.4, 0.5) is 0 Å². The molecule has 0 aliphatic carbocycles. The number of rotatable bonds is 9. The molecular formula is C16H26MgO2. The van der Waals surface area contributed by atoms with Gasteiger partial charge >= 0.3 is 23.1 Å². The highest BCUT2D eigenvalue weighted by molar-refractivity contribution is 5.79. The summed E-state index contributed by atoms with van der Waals surface area (Å²) in [6.07, 6.45) is 10.8. The summed E-state index contributed by atoms with van der Waals surface area (Å²) >= 11 is 0. The lowest BCUT2D eigenvalue weighted by Gasteiger charge is -2.04. The zero-order valence-electron chi connectivity index (χ0n) is 11.3. The minimum Gasteiger partial charge on any atom is -0.507 e. The van der Waals surface area contributed by atoms with Gasteiger partial charge in [-0.2, -0.15) is 0 Å².